The summed E-state index contributed by atoms with van der Waals surface area (Å²) in [4.78, 5) is 11.7. The summed E-state index contributed by atoms with van der Waals surface area (Å²) in [6.07, 6.45) is 0. The predicted molar refractivity (Wildman–Crippen MR) is 76.1 cm³/mol. The van der Waals surface area contributed by atoms with E-state index in [-0.39, 0.29) is 24.2 Å². The summed E-state index contributed by atoms with van der Waals surface area (Å²) < 4.78 is 0. The van der Waals surface area contributed by atoms with E-state index in [4.69, 9.17) is 0 Å². The van der Waals surface area contributed by atoms with Crippen LogP contribution >= 0.6 is 12.4 Å². The van der Waals surface area contributed by atoms with Crippen LogP contribution in [0.25, 0.3) is 0 Å². The monoisotopic (exact) mass is 268 g/mol. The quantitative estimate of drug-likeness (QED) is 0.879. The summed E-state index contributed by atoms with van der Waals surface area (Å²) >= 11 is 0. The van der Waals surface area contributed by atoms with E-state index < -0.39 is 0 Å². The highest BCUT2D eigenvalue weighted by atomic mass is 35.5. The average Bonchev–Trinajstić information content (AvgIpc) is 2.12. The first-order chi connectivity index (χ1) is 8.08. The lowest BCUT2D eigenvalue weighted by Gasteiger charge is -2.26. The van der Waals surface area contributed by atoms with E-state index in [9.17, 15) is 4.79 Å². The van der Waals surface area contributed by atoms with Crippen LogP contribution in [0.4, 0.5) is 0 Å². The molecule has 0 atom stereocenters. The van der Waals surface area contributed by atoms with Crippen LogP contribution in [0.1, 0.15) is 22.3 Å². The number of amides is 1. The van der Waals surface area contributed by atoms with Gasteiger partial charge < -0.3 is 10.6 Å². The van der Waals surface area contributed by atoms with Crippen molar-refractivity contribution in [2.45, 2.75) is 27.3 Å². The van der Waals surface area contributed by atoms with Gasteiger partial charge in [0.2, 0.25) is 5.91 Å². The minimum absolute atomic E-state index is 0. The maximum atomic E-state index is 11.7. The first kappa shape index (κ1) is 15.0. The van der Waals surface area contributed by atoms with Gasteiger partial charge in [0.05, 0.1) is 5.92 Å². The first-order valence-corrected chi connectivity index (χ1v) is 6.13. The molecule has 1 aliphatic rings. The first-order valence-electron chi connectivity index (χ1n) is 6.13. The lowest BCUT2D eigenvalue weighted by atomic mass is 9.99. The number of benzene rings is 1. The number of nitrogens with one attached hydrogen (secondary N) is 2. The van der Waals surface area contributed by atoms with Gasteiger partial charge in [-0.3, -0.25) is 4.79 Å². The van der Waals surface area contributed by atoms with E-state index in [1.165, 1.54) is 22.3 Å². The van der Waals surface area contributed by atoms with Gasteiger partial charge in [-0.05, 0) is 37.5 Å². The molecule has 0 spiro atoms. The molecule has 0 aromatic heterocycles. The summed E-state index contributed by atoms with van der Waals surface area (Å²) in [5, 5.41) is 6.13. The SMILES string of the molecule is Cc1cc(C)c(CNC(=O)C2CNC2)c(C)c1.Cl. The fourth-order valence-corrected chi connectivity index (χ4v) is 2.28. The summed E-state index contributed by atoms with van der Waals surface area (Å²) in [7, 11) is 0. The zero-order valence-electron chi connectivity index (χ0n) is 11.2. The molecular formula is C14H21ClN2O. The molecule has 2 rings (SSSR count). The van der Waals surface area contributed by atoms with E-state index in [0.717, 1.165) is 13.1 Å². The number of halogens is 1. The smallest absolute Gasteiger partial charge is 0.225 e. The third kappa shape index (κ3) is 3.24. The molecule has 0 aliphatic carbocycles. The molecule has 4 heteroatoms. The maximum absolute atomic E-state index is 11.7. The summed E-state index contributed by atoms with van der Waals surface area (Å²) in [5.74, 6) is 0.337. The highest BCUT2D eigenvalue weighted by molar-refractivity contribution is 5.85. The van der Waals surface area contributed by atoms with Crippen molar-refractivity contribution in [1.82, 2.24) is 10.6 Å². The largest absolute Gasteiger partial charge is 0.352 e. The highest BCUT2D eigenvalue weighted by Gasteiger charge is 2.24. The molecule has 18 heavy (non-hydrogen) atoms. The van der Waals surface area contributed by atoms with Crippen LogP contribution in [0.15, 0.2) is 12.1 Å². The van der Waals surface area contributed by atoms with E-state index in [1.807, 2.05) is 0 Å². The zero-order valence-corrected chi connectivity index (χ0v) is 12.0. The molecule has 1 aromatic carbocycles. The Morgan fingerprint density at radius 2 is 1.83 bits per heavy atom. The van der Waals surface area contributed by atoms with Crippen LogP contribution in [-0.2, 0) is 11.3 Å². The third-order valence-electron chi connectivity index (χ3n) is 3.43. The van der Waals surface area contributed by atoms with Crippen molar-refractivity contribution in [3.8, 4) is 0 Å². The van der Waals surface area contributed by atoms with E-state index in [0.29, 0.717) is 6.54 Å². The Kier molecular flexibility index (Phi) is 5.17. The van der Waals surface area contributed by atoms with Gasteiger partial charge in [-0.1, -0.05) is 17.7 Å². The van der Waals surface area contributed by atoms with Crippen molar-refractivity contribution >= 4 is 18.3 Å². The van der Waals surface area contributed by atoms with E-state index >= 15 is 0 Å². The van der Waals surface area contributed by atoms with Gasteiger partial charge in [-0.15, -0.1) is 12.4 Å². The van der Waals surface area contributed by atoms with Crippen LogP contribution in [0, 0.1) is 26.7 Å². The van der Waals surface area contributed by atoms with Crippen LogP contribution in [0.2, 0.25) is 0 Å². The minimum Gasteiger partial charge on any atom is -0.352 e. The molecule has 1 aromatic rings. The Morgan fingerprint density at radius 3 is 2.28 bits per heavy atom. The molecule has 0 saturated carbocycles. The second kappa shape index (κ2) is 6.21. The number of carbonyl (C=O) groups excluding carboxylic acids is 1. The standard InChI is InChI=1S/C14H20N2O.ClH/c1-9-4-10(2)13(11(3)5-9)8-16-14(17)12-6-15-7-12;/h4-5,12,15H,6-8H2,1-3H3,(H,16,17);1H. The summed E-state index contributed by atoms with van der Waals surface area (Å²) in [6, 6.07) is 4.33. The van der Waals surface area contributed by atoms with Gasteiger partial charge in [-0.25, -0.2) is 0 Å². The fraction of sp³-hybridized carbons (Fsp3) is 0.500. The number of hydrogen-bond donors (Lipinski definition) is 2. The van der Waals surface area contributed by atoms with Crippen molar-refractivity contribution in [3.05, 3.63) is 34.4 Å². The Hall–Kier alpha value is -1.06. The molecule has 100 valence electrons. The van der Waals surface area contributed by atoms with E-state index in [1.54, 1.807) is 0 Å². The topological polar surface area (TPSA) is 41.1 Å². The molecule has 3 nitrogen and oxygen atoms in total. The Bertz CT molecular complexity index is 418. The second-order valence-electron chi connectivity index (χ2n) is 4.95. The molecule has 0 radical (unpaired) electrons. The van der Waals surface area contributed by atoms with Crippen LogP contribution in [0.3, 0.4) is 0 Å². The van der Waals surface area contributed by atoms with Gasteiger partial charge >= 0.3 is 0 Å². The summed E-state index contributed by atoms with van der Waals surface area (Å²) in [5.41, 5.74) is 5.04. The van der Waals surface area contributed by atoms with Crippen molar-refractivity contribution < 1.29 is 4.79 Å². The third-order valence-corrected chi connectivity index (χ3v) is 3.43. The fourth-order valence-electron chi connectivity index (χ4n) is 2.28. The normalized spacial score (nSPS) is 14.6. The molecule has 1 heterocycles. The van der Waals surface area contributed by atoms with Crippen LogP contribution in [0.5, 0.6) is 0 Å². The predicted octanol–water partition coefficient (Wildman–Crippen LogP) is 1.87. The van der Waals surface area contributed by atoms with Gasteiger partial charge in [-0.2, -0.15) is 0 Å². The Balaban J connectivity index is 0.00000162. The highest BCUT2D eigenvalue weighted by Crippen LogP contribution is 2.16. The minimum atomic E-state index is 0. The molecule has 1 saturated heterocycles. The van der Waals surface area contributed by atoms with Crippen LogP contribution < -0.4 is 10.6 Å². The van der Waals surface area contributed by atoms with Gasteiger partial charge in [0.15, 0.2) is 0 Å². The van der Waals surface area contributed by atoms with Crippen molar-refractivity contribution in [1.29, 1.82) is 0 Å². The Labute approximate surface area is 115 Å². The molecule has 1 amide bonds. The number of hydrogen-bond acceptors (Lipinski definition) is 2. The molecule has 1 fully saturated rings. The molecule has 2 N–H and O–H groups in total. The van der Waals surface area contributed by atoms with Crippen molar-refractivity contribution in [3.63, 3.8) is 0 Å². The molecular weight excluding hydrogens is 248 g/mol. The average molecular weight is 269 g/mol. The molecule has 0 bridgehead atoms. The summed E-state index contributed by atoms with van der Waals surface area (Å²) in [6.45, 7) is 8.59. The Morgan fingerprint density at radius 1 is 1.28 bits per heavy atom. The molecule has 1 aliphatic heterocycles. The van der Waals surface area contributed by atoms with Crippen LogP contribution in [-0.4, -0.2) is 19.0 Å². The number of carbonyl (C=O) groups is 1. The number of aryl methyl sites for hydroxylation is 3. The van der Waals surface area contributed by atoms with Gasteiger partial charge in [0, 0.05) is 19.6 Å². The lowest BCUT2D eigenvalue weighted by molar-refractivity contribution is -0.126. The van der Waals surface area contributed by atoms with Gasteiger partial charge in [0.25, 0.3) is 0 Å². The van der Waals surface area contributed by atoms with Gasteiger partial charge in [0.1, 0.15) is 0 Å². The molecule has 0 unspecified atom stereocenters. The maximum Gasteiger partial charge on any atom is 0.225 e. The number of rotatable bonds is 3. The van der Waals surface area contributed by atoms with Crippen molar-refractivity contribution in [2.24, 2.45) is 5.92 Å². The van der Waals surface area contributed by atoms with Crippen molar-refractivity contribution in [2.75, 3.05) is 13.1 Å². The lowest BCUT2D eigenvalue weighted by Crippen LogP contribution is -2.50. The second-order valence-corrected chi connectivity index (χ2v) is 4.95. The zero-order chi connectivity index (χ0) is 12.4. The van der Waals surface area contributed by atoms with E-state index in [2.05, 4.69) is 43.5 Å².